The maximum Gasteiger partial charge on any atom is 0.0462 e. The van der Waals surface area contributed by atoms with E-state index in [9.17, 15) is 0 Å². The number of aliphatic hydroxyl groups is 1. The zero-order valence-corrected chi connectivity index (χ0v) is 7.17. The van der Waals surface area contributed by atoms with E-state index in [1.165, 1.54) is 6.42 Å². The van der Waals surface area contributed by atoms with Gasteiger partial charge in [0.15, 0.2) is 0 Å². The van der Waals surface area contributed by atoms with E-state index in [0.29, 0.717) is 12.5 Å². The summed E-state index contributed by atoms with van der Waals surface area (Å²) in [6.45, 7) is 7.22. The Morgan fingerprint density at radius 2 is 2.00 bits per heavy atom. The van der Waals surface area contributed by atoms with Crippen molar-refractivity contribution in [1.29, 1.82) is 0 Å². The molecule has 3 unspecified atom stereocenters. The number of hydrogen-bond donors (Lipinski definition) is 1. The molecule has 0 aliphatic heterocycles. The third-order valence-corrected chi connectivity index (χ3v) is 2.94. The van der Waals surface area contributed by atoms with Gasteiger partial charge in [-0.05, 0) is 30.1 Å². The average molecular weight is 142 g/mol. The molecule has 0 heterocycles. The lowest BCUT2D eigenvalue weighted by atomic mass is 9.92. The van der Waals surface area contributed by atoms with E-state index in [1.807, 2.05) is 0 Å². The molecule has 0 bridgehead atoms. The lowest BCUT2D eigenvalue weighted by Gasteiger charge is -2.14. The molecule has 10 heavy (non-hydrogen) atoms. The monoisotopic (exact) mass is 142 g/mol. The number of hydrogen-bond acceptors (Lipinski definition) is 1. The van der Waals surface area contributed by atoms with Crippen LogP contribution in [-0.2, 0) is 0 Å². The summed E-state index contributed by atoms with van der Waals surface area (Å²) in [7, 11) is 0. The zero-order valence-electron chi connectivity index (χ0n) is 7.17. The van der Waals surface area contributed by atoms with Gasteiger partial charge in [-0.15, -0.1) is 0 Å². The molecule has 1 heteroatoms. The van der Waals surface area contributed by atoms with E-state index in [0.717, 1.165) is 17.8 Å². The first kappa shape index (κ1) is 8.06. The van der Waals surface area contributed by atoms with Crippen LogP contribution >= 0.6 is 0 Å². The highest BCUT2D eigenvalue weighted by atomic mass is 16.3. The van der Waals surface area contributed by atoms with Gasteiger partial charge < -0.3 is 5.11 Å². The molecule has 1 fully saturated rings. The lowest BCUT2D eigenvalue weighted by molar-refractivity contribution is 0.249. The Hall–Kier alpha value is -0.0400. The summed E-state index contributed by atoms with van der Waals surface area (Å²) in [6, 6.07) is 0. The van der Waals surface area contributed by atoms with Gasteiger partial charge in [0.1, 0.15) is 0 Å². The molecule has 1 aliphatic rings. The molecule has 0 radical (unpaired) electrons. The summed E-state index contributed by atoms with van der Waals surface area (Å²) in [6.07, 6.45) is 1.26. The highest BCUT2D eigenvalue weighted by Crippen LogP contribution is 2.46. The van der Waals surface area contributed by atoms with E-state index >= 15 is 0 Å². The molecule has 0 aromatic carbocycles. The molecule has 0 aromatic heterocycles. The highest BCUT2D eigenvalue weighted by Gasteiger charge is 2.40. The van der Waals surface area contributed by atoms with E-state index in [-0.39, 0.29) is 0 Å². The zero-order chi connectivity index (χ0) is 7.72. The smallest absolute Gasteiger partial charge is 0.0462 e. The minimum absolute atomic E-state index is 0.404. The normalized spacial score (nSPS) is 34.5. The summed E-state index contributed by atoms with van der Waals surface area (Å²) in [5, 5.41) is 8.81. The summed E-state index contributed by atoms with van der Waals surface area (Å²) in [5.41, 5.74) is 0. The summed E-state index contributed by atoms with van der Waals surface area (Å²) < 4.78 is 0. The summed E-state index contributed by atoms with van der Waals surface area (Å²) in [5.74, 6) is 3.04. The van der Waals surface area contributed by atoms with Crippen molar-refractivity contribution >= 4 is 0 Å². The lowest BCUT2D eigenvalue weighted by Crippen LogP contribution is -2.08. The van der Waals surface area contributed by atoms with Crippen LogP contribution in [0.1, 0.15) is 27.2 Å². The first-order valence-electron chi connectivity index (χ1n) is 4.27. The molecule has 60 valence electrons. The van der Waals surface area contributed by atoms with Crippen molar-refractivity contribution in [2.45, 2.75) is 27.2 Å². The van der Waals surface area contributed by atoms with Crippen LogP contribution < -0.4 is 0 Å². The van der Waals surface area contributed by atoms with Gasteiger partial charge in [0.05, 0.1) is 0 Å². The Kier molecular flexibility index (Phi) is 2.35. The minimum Gasteiger partial charge on any atom is -0.396 e. The third kappa shape index (κ3) is 1.51. The SMILES string of the molecule is CC(C)C(C)C1CC1CO. The molecule has 0 saturated heterocycles. The van der Waals surface area contributed by atoms with E-state index < -0.39 is 0 Å². The topological polar surface area (TPSA) is 20.2 Å². The molecule has 0 amide bonds. The van der Waals surface area contributed by atoms with Gasteiger partial charge in [-0.3, -0.25) is 0 Å². The van der Waals surface area contributed by atoms with Gasteiger partial charge in [0.25, 0.3) is 0 Å². The standard InChI is InChI=1S/C9H18O/c1-6(2)7(3)9-4-8(9)5-10/h6-10H,4-5H2,1-3H3. The Labute approximate surface area is 63.4 Å². The van der Waals surface area contributed by atoms with Crippen LogP contribution in [0.2, 0.25) is 0 Å². The number of rotatable bonds is 3. The Morgan fingerprint density at radius 3 is 2.30 bits per heavy atom. The number of aliphatic hydroxyl groups excluding tert-OH is 1. The van der Waals surface area contributed by atoms with Gasteiger partial charge in [-0.25, -0.2) is 0 Å². The second-order valence-electron chi connectivity index (χ2n) is 3.95. The van der Waals surface area contributed by atoms with Crippen molar-refractivity contribution in [3.05, 3.63) is 0 Å². The van der Waals surface area contributed by atoms with Gasteiger partial charge in [-0.1, -0.05) is 20.8 Å². The Morgan fingerprint density at radius 1 is 1.40 bits per heavy atom. The van der Waals surface area contributed by atoms with Crippen molar-refractivity contribution < 1.29 is 5.11 Å². The van der Waals surface area contributed by atoms with Crippen LogP contribution in [0, 0.1) is 23.7 Å². The minimum atomic E-state index is 0.404. The molecule has 3 atom stereocenters. The molecule has 0 spiro atoms. The largest absolute Gasteiger partial charge is 0.396 e. The highest BCUT2D eigenvalue weighted by molar-refractivity contribution is 4.89. The molecule has 1 rings (SSSR count). The second kappa shape index (κ2) is 2.91. The predicted octanol–water partition coefficient (Wildman–Crippen LogP) is 1.91. The average Bonchev–Trinajstić information content (AvgIpc) is 2.64. The maximum absolute atomic E-state index is 8.81. The fourth-order valence-corrected chi connectivity index (χ4v) is 1.62. The summed E-state index contributed by atoms with van der Waals surface area (Å²) in [4.78, 5) is 0. The third-order valence-electron chi connectivity index (χ3n) is 2.94. The van der Waals surface area contributed by atoms with E-state index in [4.69, 9.17) is 5.11 Å². The van der Waals surface area contributed by atoms with Crippen molar-refractivity contribution in [3.8, 4) is 0 Å². The molecule has 1 aliphatic carbocycles. The van der Waals surface area contributed by atoms with Gasteiger partial charge in [0.2, 0.25) is 0 Å². The Bertz CT molecular complexity index is 109. The first-order chi connectivity index (χ1) is 4.66. The molecular formula is C9H18O. The van der Waals surface area contributed by atoms with Crippen molar-refractivity contribution in [1.82, 2.24) is 0 Å². The predicted molar refractivity (Wildman–Crippen MR) is 42.7 cm³/mol. The molecule has 1 N–H and O–H groups in total. The molecule has 1 saturated carbocycles. The molecule has 1 nitrogen and oxygen atoms in total. The molecular weight excluding hydrogens is 124 g/mol. The fourth-order valence-electron chi connectivity index (χ4n) is 1.62. The second-order valence-corrected chi connectivity index (χ2v) is 3.95. The van der Waals surface area contributed by atoms with Crippen LogP contribution in [0.15, 0.2) is 0 Å². The van der Waals surface area contributed by atoms with Gasteiger partial charge in [0, 0.05) is 6.61 Å². The molecule has 0 aromatic rings. The van der Waals surface area contributed by atoms with Crippen molar-refractivity contribution in [2.75, 3.05) is 6.61 Å². The Balaban J connectivity index is 2.25. The summed E-state index contributed by atoms with van der Waals surface area (Å²) >= 11 is 0. The van der Waals surface area contributed by atoms with E-state index in [1.54, 1.807) is 0 Å². The van der Waals surface area contributed by atoms with Gasteiger partial charge in [-0.2, -0.15) is 0 Å². The van der Waals surface area contributed by atoms with Crippen molar-refractivity contribution in [2.24, 2.45) is 23.7 Å². The van der Waals surface area contributed by atoms with Crippen LogP contribution in [0.3, 0.4) is 0 Å². The van der Waals surface area contributed by atoms with Crippen molar-refractivity contribution in [3.63, 3.8) is 0 Å². The maximum atomic E-state index is 8.81. The van der Waals surface area contributed by atoms with Crippen LogP contribution in [0.25, 0.3) is 0 Å². The van der Waals surface area contributed by atoms with Crippen LogP contribution in [-0.4, -0.2) is 11.7 Å². The van der Waals surface area contributed by atoms with Crippen LogP contribution in [0.4, 0.5) is 0 Å². The van der Waals surface area contributed by atoms with E-state index in [2.05, 4.69) is 20.8 Å². The first-order valence-corrected chi connectivity index (χ1v) is 4.27. The van der Waals surface area contributed by atoms with Gasteiger partial charge >= 0.3 is 0 Å². The fraction of sp³-hybridized carbons (Fsp3) is 1.00. The van der Waals surface area contributed by atoms with Crippen LogP contribution in [0.5, 0.6) is 0 Å². The quantitative estimate of drug-likeness (QED) is 0.638.